The van der Waals surface area contributed by atoms with Crippen molar-refractivity contribution < 1.29 is 0 Å². The van der Waals surface area contributed by atoms with Crippen LogP contribution in [0.3, 0.4) is 0 Å². The third kappa shape index (κ3) is 5.64. The van der Waals surface area contributed by atoms with Gasteiger partial charge >= 0.3 is 0 Å². The molecule has 0 bridgehead atoms. The molecule has 13 rings (SSSR count). The zero-order valence-corrected chi connectivity index (χ0v) is 36.4. The van der Waals surface area contributed by atoms with Crippen LogP contribution in [0, 0.1) is 0 Å². The first-order valence-corrected chi connectivity index (χ1v) is 22.8. The van der Waals surface area contributed by atoms with Crippen molar-refractivity contribution in [3.63, 3.8) is 0 Å². The quantitative estimate of drug-likeness (QED) is 0.152. The van der Waals surface area contributed by atoms with Gasteiger partial charge in [0.25, 0.3) is 0 Å². The molecule has 0 saturated heterocycles. The van der Waals surface area contributed by atoms with Crippen molar-refractivity contribution in [3.8, 4) is 66.8 Å². The predicted molar refractivity (Wildman–Crippen MR) is 279 cm³/mol. The highest BCUT2D eigenvalue weighted by Gasteiger charge is 2.37. The van der Waals surface area contributed by atoms with Crippen LogP contribution in [0.5, 0.6) is 0 Å². The third-order valence-electron chi connectivity index (χ3n) is 14.4. The van der Waals surface area contributed by atoms with Gasteiger partial charge in [0.05, 0.1) is 0 Å². The first kappa shape index (κ1) is 37.5. The van der Waals surface area contributed by atoms with E-state index < -0.39 is 0 Å². The molecule has 0 heteroatoms. The molecule has 0 aromatic heterocycles. The monoisotopic (exact) mass is 824 g/mol. The highest BCUT2D eigenvalue weighted by molar-refractivity contribution is 6.26. The summed E-state index contributed by atoms with van der Waals surface area (Å²) in [5.41, 5.74) is 17.8. The molecule has 1 aliphatic carbocycles. The molecule has 12 aromatic carbocycles. The summed E-state index contributed by atoms with van der Waals surface area (Å²) in [6.45, 7) is 4.80. The van der Waals surface area contributed by atoms with Crippen LogP contribution in [-0.4, -0.2) is 0 Å². The van der Waals surface area contributed by atoms with E-state index in [0.29, 0.717) is 0 Å². The molecule has 65 heavy (non-hydrogen) atoms. The predicted octanol–water partition coefficient (Wildman–Crippen LogP) is 18.1. The van der Waals surface area contributed by atoms with Crippen molar-refractivity contribution in [2.45, 2.75) is 19.3 Å². The zero-order valence-electron chi connectivity index (χ0n) is 36.4. The van der Waals surface area contributed by atoms with Crippen LogP contribution in [0.4, 0.5) is 0 Å². The number of hydrogen-bond acceptors (Lipinski definition) is 0. The maximum atomic E-state index is 2.54. The van der Waals surface area contributed by atoms with Crippen LogP contribution < -0.4 is 0 Å². The van der Waals surface area contributed by atoms with Crippen LogP contribution in [0.25, 0.3) is 121 Å². The number of rotatable bonds is 5. The van der Waals surface area contributed by atoms with Gasteiger partial charge in [-0.1, -0.05) is 232 Å². The van der Waals surface area contributed by atoms with E-state index in [-0.39, 0.29) is 5.41 Å². The Balaban J connectivity index is 1.07. The van der Waals surface area contributed by atoms with Crippen LogP contribution >= 0.6 is 0 Å². The van der Waals surface area contributed by atoms with E-state index in [1.807, 2.05) is 0 Å². The minimum Gasteiger partial charge on any atom is -0.0622 e. The van der Waals surface area contributed by atoms with Gasteiger partial charge in [-0.05, 0) is 144 Å². The first-order chi connectivity index (χ1) is 32.0. The van der Waals surface area contributed by atoms with E-state index in [4.69, 9.17) is 0 Å². The van der Waals surface area contributed by atoms with Crippen LogP contribution in [-0.2, 0) is 5.41 Å². The lowest BCUT2D eigenvalue weighted by atomic mass is 9.78. The molecule has 0 amide bonds. The van der Waals surface area contributed by atoms with Gasteiger partial charge in [-0.25, -0.2) is 0 Å². The molecule has 0 unspecified atom stereocenters. The Morgan fingerprint density at radius 3 is 1.11 bits per heavy atom. The Hall–Kier alpha value is -8.06. The molecule has 0 radical (unpaired) electrons. The van der Waals surface area contributed by atoms with Crippen molar-refractivity contribution in [1.29, 1.82) is 0 Å². The second-order valence-electron chi connectivity index (χ2n) is 18.3. The maximum Gasteiger partial charge on any atom is 0.0159 e. The third-order valence-corrected chi connectivity index (χ3v) is 14.4. The lowest BCUT2D eigenvalue weighted by Gasteiger charge is -2.24. The summed E-state index contributed by atoms with van der Waals surface area (Å²) < 4.78 is 0. The lowest BCUT2D eigenvalue weighted by molar-refractivity contribution is 0.661. The van der Waals surface area contributed by atoms with Gasteiger partial charge < -0.3 is 0 Å². The lowest BCUT2D eigenvalue weighted by Crippen LogP contribution is -2.15. The van der Waals surface area contributed by atoms with Gasteiger partial charge in [0, 0.05) is 5.41 Å². The standard InChI is InChI=1S/C65H44/c1-65(2)58-32-18-17-31-55(58)64-47-24-10-9-23-46(47)57(40-59(64)65)63-53-30-16-15-29-52(53)62(54-38-37-45(39-56(54)63)41-19-5-3-6-20-41)44-35-33-43(34-36-44)61-50-27-13-11-25-48(50)60(42-21-7-4-8-22-42)49-26-12-14-28-51(49)61/h3-40H,1-2H3. The van der Waals surface area contributed by atoms with Crippen molar-refractivity contribution in [1.82, 2.24) is 0 Å². The second-order valence-corrected chi connectivity index (χ2v) is 18.3. The van der Waals surface area contributed by atoms with Gasteiger partial charge in [-0.15, -0.1) is 0 Å². The van der Waals surface area contributed by atoms with Crippen molar-refractivity contribution in [2.75, 3.05) is 0 Å². The summed E-state index contributed by atoms with van der Waals surface area (Å²) in [4.78, 5) is 0. The fraction of sp³-hybridized carbons (Fsp3) is 0.0462. The molecule has 0 nitrogen and oxygen atoms in total. The summed E-state index contributed by atoms with van der Waals surface area (Å²) in [5, 5.41) is 12.7. The van der Waals surface area contributed by atoms with E-state index >= 15 is 0 Å². The summed E-state index contributed by atoms with van der Waals surface area (Å²) >= 11 is 0. The van der Waals surface area contributed by atoms with Crippen molar-refractivity contribution in [3.05, 3.63) is 242 Å². The van der Waals surface area contributed by atoms with E-state index in [1.54, 1.807) is 0 Å². The molecule has 0 heterocycles. The largest absolute Gasteiger partial charge is 0.0622 e. The molecular formula is C65H44. The second kappa shape index (κ2) is 14.5. The minimum atomic E-state index is -0.147. The molecule has 304 valence electrons. The smallest absolute Gasteiger partial charge is 0.0159 e. The fourth-order valence-corrected chi connectivity index (χ4v) is 11.5. The van der Waals surface area contributed by atoms with Gasteiger partial charge in [0.15, 0.2) is 0 Å². The molecular weight excluding hydrogens is 781 g/mol. The van der Waals surface area contributed by atoms with E-state index in [2.05, 4.69) is 244 Å². The van der Waals surface area contributed by atoms with Crippen molar-refractivity contribution >= 4 is 53.9 Å². The molecule has 0 N–H and O–H groups in total. The van der Waals surface area contributed by atoms with Gasteiger partial charge in [-0.2, -0.15) is 0 Å². The summed E-state index contributed by atoms with van der Waals surface area (Å²) in [6.07, 6.45) is 0. The van der Waals surface area contributed by atoms with Crippen LogP contribution in [0.1, 0.15) is 25.0 Å². The Morgan fingerprint density at radius 1 is 0.215 bits per heavy atom. The van der Waals surface area contributed by atoms with E-state index in [9.17, 15) is 0 Å². The highest BCUT2D eigenvalue weighted by Crippen LogP contribution is 2.55. The Morgan fingerprint density at radius 2 is 0.585 bits per heavy atom. The highest BCUT2D eigenvalue weighted by atomic mass is 14.4. The average Bonchev–Trinajstić information content (AvgIpc) is 3.60. The molecule has 12 aromatic rings. The summed E-state index contributed by atoms with van der Waals surface area (Å²) in [6, 6.07) is 85.9. The Labute approximate surface area is 379 Å². The Bertz CT molecular complexity index is 3820. The number of fused-ring (bicyclic) bond motifs is 9. The van der Waals surface area contributed by atoms with Crippen molar-refractivity contribution in [2.24, 2.45) is 0 Å². The number of hydrogen-bond donors (Lipinski definition) is 0. The van der Waals surface area contributed by atoms with Crippen LogP contribution in [0.15, 0.2) is 231 Å². The van der Waals surface area contributed by atoms with Gasteiger partial charge in [0.2, 0.25) is 0 Å². The Kier molecular flexibility index (Phi) is 8.36. The average molecular weight is 825 g/mol. The topological polar surface area (TPSA) is 0 Å². The number of benzene rings is 12. The van der Waals surface area contributed by atoms with E-state index in [1.165, 1.54) is 132 Å². The minimum absolute atomic E-state index is 0.147. The zero-order chi connectivity index (χ0) is 43.2. The molecule has 0 atom stereocenters. The molecule has 0 spiro atoms. The summed E-state index contributed by atoms with van der Waals surface area (Å²) in [5.74, 6) is 0. The SMILES string of the molecule is CC1(C)c2ccccc2-c2c1cc(-c1c3ccccc3c(-c3ccc(-c4c5ccccc5c(-c5ccccc5)c5ccccc45)cc3)c3ccc(-c4ccccc4)cc13)c1ccccc21. The first-order valence-electron chi connectivity index (χ1n) is 22.8. The molecule has 1 aliphatic rings. The fourth-order valence-electron chi connectivity index (χ4n) is 11.5. The van der Waals surface area contributed by atoms with Crippen LogP contribution in [0.2, 0.25) is 0 Å². The van der Waals surface area contributed by atoms with Gasteiger partial charge in [0.1, 0.15) is 0 Å². The van der Waals surface area contributed by atoms with Gasteiger partial charge in [-0.3, -0.25) is 0 Å². The molecule has 0 aliphatic heterocycles. The molecule has 0 fully saturated rings. The van der Waals surface area contributed by atoms with E-state index in [0.717, 1.165) is 0 Å². The summed E-state index contributed by atoms with van der Waals surface area (Å²) in [7, 11) is 0. The molecule has 0 saturated carbocycles. The normalized spacial score (nSPS) is 12.9. The maximum absolute atomic E-state index is 2.54.